The van der Waals surface area contributed by atoms with Crippen LogP contribution in [0.4, 0.5) is 4.39 Å². The first-order valence-electron chi connectivity index (χ1n) is 6.58. The first-order chi connectivity index (χ1) is 10.6. The third kappa shape index (κ3) is 2.88. The van der Waals surface area contributed by atoms with Crippen LogP contribution in [-0.4, -0.2) is 5.97 Å². The van der Waals surface area contributed by atoms with Crippen LogP contribution in [0.1, 0.15) is 15.9 Å². The highest BCUT2D eigenvalue weighted by Gasteiger charge is 2.15. The minimum Gasteiger partial charge on any atom is -0.457 e. The van der Waals surface area contributed by atoms with Crippen LogP contribution in [0.15, 0.2) is 63.8 Å². The molecule has 22 heavy (non-hydrogen) atoms. The van der Waals surface area contributed by atoms with Gasteiger partial charge in [0, 0.05) is 5.39 Å². The predicted molar refractivity (Wildman–Crippen MR) is 78.0 cm³/mol. The number of rotatable bonds is 3. The van der Waals surface area contributed by atoms with Crippen LogP contribution in [0.2, 0.25) is 0 Å². The summed E-state index contributed by atoms with van der Waals surface area (Å²) in [5, 5.41) is 0.635. The van der Waals surface area contributed by atoms with Crippen molar-refractivity contribution in [3.05, 3.63) is 82.0 Å². The molecule has 0 N–H and O–H groups in total. The van der Waals surface area contributed by atoms with Gasteiger partial charge in [0.05, 0.1) is 0 Å². The van der Waals surface area contributed by atoms with Crippen molar-refractivity contribution in [2.24, 2.45) is 0 Å². The van der Waals surface area contributed by atoms with Crippen molar-refractivity contribution >= 4 is 16.9 Å². The lowest BCUT2D eigenvalue weighted by Gasteiger charge is -2.05. The summed E-state index contributed by atoms with van der Waals surface area (Å²) in [6.07, 6.45) is 0. The summed E-state index contributed by atoms with van der Waals surface area (Å²) in [4.78, 5) is 23.8. The van der Waals surface area contributed by atoms with E-state index in [2.05, 4.69) is 0 Å². The van der Waals surface area contributed by atoms with Crippen molar-refractivity contribution in [2.75, 3.05) is 0 Å². The molecule has 0 saturated carbocycles. The molecule has 1 heterocycles. The van der Waals surface area contributed by atoms with E-state index in [0.717, 1.165) is 0 Å². The number of ether oxygens (including phenoxy) is 1. The number of carbonyl (C=O) groups excluding carboxylic acids is 1. The minimum absolute atomic E-state index is 0.0502. The number of para-hydroxylation sites is 1. The number of fused-ring (bicyclic) bond motifs is 1. The zero-order valence-corrected chi connectivity index (χ0v) is 11.4. The van der Waals surface area contributed by atoms with Crippen molar-refractivity contribution in [3.63, 3.8) is 0 Å². The fourth-order valence-electron chi connectivity index (χ4n) is 2.01. The van der Waals surface area contributed by atoms with Crippen LogP contribution in [0, 0.1) is 5.82 Å². The van der Waals surface area contributed by atoms with Gasteiger partial charge in [-0.3, -0.25) is 0 Å². The van der Waals surface area contributed by atoms with E-state index < -0.39 is 11.6 Å². The van der Waals surface area contributed by atoms with Gasteiger partial charge in [0.25, 0.3) is 0 Å². The molecule has 4 nitrogen and oxygen atoms in total. The molecular formula is C17H11FO4. The van der Waals surface area contributed by atoms with E-state index in [1.54, 1.807) is 24.3 Å². The minimum atomic E-state index is -0.774. The maximum absolute atomic E-state index is 12.8. The number of halogens is 1. The van der Waals surface area contributed by atoms with Gasteiger partial charge in [0.2, 0.25) is 0 Å². The third-order valence-electron chi connectivity index (χ3n) is 3.14. The normalized spacial score (nSPS) is 10.6. The molecule has 0 atom stereocenters. The quantitative estimate of drug-likeness (QED) is 0.550. The maximum atomic E-state index is 12.8. The second-order valence-electron chi connectivity index (χ2n) is 4.69. The van der Waals surface area contributed by atoms with Gasteiger partial charge in [-0.2, -0.15) is 0 Å². The Morgan fingerprint density at radius 1 is 1.09 bits per heavy atom. The molecule has 0 unspecified atom stereocenters. The van der Waals surface area contributed by atoms with Crippen LogP contribution < -0.4 is 5.63 Å². The lowest BCUT2D eigenvalue weighted by atomic mass is 10.2. The van der Waals surface area contributed by atoms with E-state index in [0.29, 0.717) is 16.5 Å². The average Bonchev–Trinajstić information content (AvgIpc) is 2.53. The average molecular weight is 298 g/mol. The zero-order valence-electron chi connectivity index (χ0n) is 11.4. The van der Waals surface area contributed by atoms with Crippen molar-refractivity contribution in [1.82, 2.24) is 0 Å². The summed E-state index contributed by atoms with van der Waals surface area (Å²) in [5.74, 6) is -1.14. The molecule has 0 fully saturated rings. The van der Waals surface area contributed by atoms with Crippen molar-refractivity contribution in [3.8, 4) is 0 Å². The maximum Gasteiger partial charge on any atom is 0.351 e. The monoisotopic (exact) mass is 298 g/mol. The molecule has 0 aliphatic rings. The van der Waals surface area contributed by atoms with E-state index in [9.17, 15) is 14.0 Å². The molecule has 2 aromatic carbocycles. The SMILES string of the molecule is O=C(OCc1ccc(F)cc1)c1cc2ccccc2oc1=O. The summed E-state index contributed by atoms with van der Waals surface area (Å²) in [5.41, 5.74) is 0.117. The first kappa shape index (κ1) is 14.0. The standard InChI is InChI=1S/C17H11FO4/c18-13-7-5-11(6-8-13)10-21-16(19)14-9-12-3-1-2-4-15(12)22-17(14)20/h1-9H,10H2. The Bertz CT molecular complexity index is 881. The summed E-state index contributed by atoms with van der Waals surface area (Å²) >= 11 is 0. The van der Waals surface area contributed by atoms with E-state index in [4.69, 9.17) is 9.15 Å². The molecule has 0 amide bonds. The Hall–Kier alpha value is -2.95. The molecule has 0 saturated heterocycles. The molecule has 1 aromatic heterocycles. The van der Waals surface area contributed by atoms with Gasteiger partial charge in [0.15, 0.2) is 0 Å². The summed E-state index contributed by atoms with van der Waals surface area (Å²) < 4.78 is 22.9. The number of carbonyl (C=O) groups is 1. The first-order valence-corrected chi connectivity index (χ1v) is 6.58. The Labute approximate surface area is 124 Å². The molecule has 3 rings (SSSR count). The zero-order chi connectivity index (χ0) is 15.5. The number of hydrogen-bond donors (Lipinski definition) is 0. The van der Waals surface area contributed by atoms with E-state index >= 15 is 0 Å². The third-order valence-corrected chi connectivity index (χ3v) is 3.14. The van der Waals surface area contributed by atoms with E-state index in [1.807, 2.05) is 0 Å². The smallest absolute Gasteiger partial charge is 0.351 e. The van der Waals surface area contributed by atoms with Crippen LogP contribution in [0.25, 0.3) is 11.0 Å². The number of benzene rings is 2. The van der Waals surface area contributed by atoms with Gasteiger partial charge in [0.1, 0.15) is 23.6 Å². The topological polar surface area (TPSA) is 56.5 Å². The summed E-state index contributed by atoms with van der Waals surface area (Å²) in [6, 6.07) is 13.9. The van der Waals surface area contributed by atoms with Crippen LogP contribution in [0.3, 0.4) is 0 Å². The highest BCUT2D eigenvalue weighted by atomic mass is 19.1. The summed E-state index contributed by atoms with van der Waals surface area (Å²) in [7, 11) is 0. The molecular weight excluding hydrogens is 287 g/mol. The fourth-order valence-corrected chi connectivity index (χ4v) is 2.01. The highest BCUT2D eigenvalue weighted by Crippen LogP contribution is 2.13. The van der Waals surface area contributed by atoms with Gasteiger partial charge in [-0.1, -0.05) is 30.3 Å². The summed E-state index contributed by atoms with van der Waals surface area (Å²) in [6.45, 7) is -0.0502. The molecule has 3 aromatic rings. The molecule has 0 aliphatic heterocycles. The van der Waals surface area contributed by atoms with Gasteiger partial charge in [-0.25, -0.2) is 14.0 Å². The molecule has 0 aliphatic carbocycles. The van der Waals surface area contributed by atoms with Crippen LogP contribution in [0.5, 0.6) is 0 Å². The predicted octanol–water partition coefficient (Wildman–Crippen LogP) is 3.29. The highest BCUT2D eigenvalue weighted by molar-refractivity contribution is 5.92. The lowest BCUT2D eigenvalue weighted by molar-refractivity contribution is 0.0468. The van der Waals surface area contributed by atoms with Crippen LogP contribution in [-0.2, 0) is 11.3 Å². The lowest BCUT2D eigenvalue weighted by Crippen LogP contribution is -2.16. The Morgan fingerprint density at radius 3 is 2.59 bits per heavy atom. The fraction of sp³-hybridized carbons (Fsp3) is 0.0588. The molecule has 0 radical (unpaired) electrons. The van der Waals surface area contributed by atoms with Crippen molar-refractivity contribution in [1.29, 1.82) is 0 Å². The van der Waals surface area contributed by atoms with E-state index in [1.165, 1.54) is 30.3 Å². The Kier molecular flexibility index (Phi) is 3.70. The second-order valence-corrected chi connectivity index (χ2v) is 4.69. The van der Waals surface area contributed by atoms with Crippen LogP contribution >= 0.6 is 0 Å². The van der Waals surface area contributed by atoms with Gasteiger partial charge in [-0.05, 0) is 29.8 Å². The van der Waals surface area contributed by atoms with E-state index in [-0.39, 0.29) is 18.0 Å². The number of hydrogen-bond acceptors (Lipinski definition) is 4. The molecule has 5 heteroatoms. The molecule has 110 valence electrons. The van der Waals surface area contributed by atoms with Gasteiger partial charge >= 0.3 is 11.6 Å². The molecule has 0 spiro atoms. The van der Waals surface area contributed by atoms with Crippen molar-refractivity contribution < 1.29 is 18.3 Å². The van der Waals surface area contributed by atoms with Crippen molar-refractivity contribution in [2.45, 2.75) is 6.61 Å². The number of esters is 1. The molecule has 0 bridgehead atoms. The van der Waals surface area contributed by atoms with Gasteiger partial charge < -0.3 is 9.15 Å². The Balaban J connectivity index is 1.81. The Morgan fingerprint density at radius 2 is 1.82 bits per heavy atom. The second kappa shape index (κ2) is 5.81. The van der Waals surface area contributed by atoms with Gasteiger partial charge in [-0.15, -0.1) is 0 Å². The largest absolute Gasteiger partial charge is 0.457 e.